The number of aromatic nitrogens is 1. The second-order valence-corrected chi connectivity index (χ2v) is 4.46. The van der Waals surface area contributed by atoms with Crippen LogP contribution in [0, 0.1) is 11.7 Å². The molecule has 0 aliphatic rings. The van der Waals surface area contributed by atoms with E-state index in [0.717, 1.165) is 12.3 Å². The van der Waals surface area contributed by atoms with Gasteiger partial charge in [0.2, 0.25) is 0 Å². The predicted molar refractivity (Wildman–Crippen MR) is 67.3 cm³/mol. The van der Waals surface area contributed by atoms with Gasteiger partial charge >= 0.3 is 5.97 Å². The maximum Gasteiger partial charge on any atom is 0.310 e. The van der Waals surface area contributed by atoms with Gasteiger partial charge in [-0.2, -0.15) is 0 Å². The average Bonchev–Trinajstić information content (AvgIpc) is 2.39. The van der Waals surface area contributed by atoms with E-state index in [2.05, 4.69) is 9.72 Å². The van der Waals surface area contributed by atoms with E-state index in [1.165, 1.54) is 19.1 Å². The van der Waals surface area contributed by atoms with Crippen LogP contribution in [-0.4, -0.2) is 42.5 Å². The first kappa shape index (κ1) is 15.4. The summed E-state index contributed by atoms with van der Waals surface area (Å²) in [5.74, 6) is -2.07. The van der Waals surface area contributed by atoms with Gasteiger partial charge in [-0.25, -0.2) is 9.37 Å². The number of carbonyl (C=O) groups is 2. The van der Waals surface area contributed by atoms with E-state index < -0.39 is 23.6 Å². The molecule has 1 aromatic heterocycles. The summed E-state index contributed by atoms with van der Waals surface area (Å²) < 4.78 is 17.6. The van der Waals surface area contributed by atoms with Gasteiger partial charge in [0.25, 0.3) is 5.91 Å². The number of esters is 1. The fourth-order valence-corrected chi connectivity index (χ4v) is 1.73. The highest BCUT2D eigenvalue weighted by molar-refractivity contribution is 6.32. The molecule has 1 aromatic rings. The van der Waals surface area contributed by atoms with Crippen LogP contribution in [-0.2, 0) is 9.53 Å². The fraction of sp³-hybridized carbons (Fsp3) is 0.417. The molecule has 1 atom stereocenters. The van der Waals surface area contributed by atoms with E-state index in [9.17, 15) is 14.0 Å². The minimum atomic E-state index is -0.651. The number of nitrogens with zero attached hydrogens (tertiary/aromatic N) is 2. The fourth-order valence-electron chi connectivity index (χ4n) is 1.55. The first-order chi connectivity index (χ1) is 8.86. The quantitative estimate of drug-likeness (QED) is 0.626. The molecule has 104 valence electrons. The van der Waals surface area contributed by atoms with Crippen LogP contribution in [0.15, 0.2) is 12.3 Å². The zero-order chi connectivity index (χ0) is 14.6. The number of hydrogen-bond donors (Lipinski definition) is 0. The van der Waals surface area contributed by atoms with Crippen molar-refractivity contribution in [1.29, 1.82) is 0 Å². The predicted octanol–water partition coefficient (Wildman–Crippen LogP) is 1.76. The van der Waals surface area contributed by atoms with Crippen molar-refractivity contribution in [3.8, 4) is 0 Å². The van der Waals surface area contributed by atoms with Gasteiger partial charge < -0.3 is 9.64 Å². The largest absolute Gasteiger partial charge is 0.469 e. The molecule has 0 bridgehead atoms. The Balaban J connectivity index is 2.82. The number of halogens is 2. The number of pyridine rings is 1. The highest BCUT2D eigenvalue weighted by Crippen LogP contribution is 2.16. The van der Waals surface area contributed by atoms with E-state index in [1.807, 2.05) is 0 Å². The van der Waals surface area contributed by atoms with Crippen molar-refractivity contribution >= 4 is 23.5 Å². The number of hydrogen-bond acceptors (Lipinski definition) is 4. The molecule has 0 N–H and O–H groups in total. The summed E-state index contributed by atoms with van der Waals surface area (Å²) in [6, 6.07) is 1.01. The van der Waals surface area contributed by atoms with Crippen LogP contribution in [0.4, 0.5) is 4.39 Å². The molecular weight excluding hydrogens is 275 g/mol. The van der Waals surface area contributed by atoms with Crippen molar-refractivity contribution in [2.24, 2.45) is 5.92 Å². The standard InChI is InChI=1S/C12H14ClFN2O3/c1-7(12(18)19-3)6-16(2)11(17)9-4-8(14)5-15-10(9)13/h4-5,7H,6H2,1-3H3. The monoisotopic (exact) mass is 288 g/mol. The van der Waals surface area contributed by atoms with E-state index in [0.29, 0.717) is 0 Å². The van der Waals surface area contributed by atoms with Crippen molar-refractivity contribution in [3.63, 3.8) is 0 Å². The van der Waals surface area contributed by atoms with E-state index in [4.69, 9.17) is 11.6 Å². The maximum absolute atomic E-state index is 13.1. The van der Waals surface area contributed by atoms with Gasteiger partial charge in [-0.15, -0.1) is 0 Å². The number of carbonyl (C=O) groups excluding carboxylic acids is 2. The van der Waals surface area contributed by atoms with Crippen LogP contribution < -0.4 is 0 Å². The van der Waals surface area contributed by atoms with Crippen molar-refractivity contribution < 1.29 is 18.7 Å². The van der Waals surface area contributed by atoms with Gasteiger partial charge in [0.05, 0.1) is 24.8 Å². The third-order valence-corrected chi connectivity index (χ3v) is 2.84. The Labute approximate surface area is 115 Å². The van der Waals surface area contributed by atoms with Crippen LogP contribution in [0.3, 0.4) is 0 Å². The molecule has 0 aromatic carbocycles. The van der Waals surface area contributed by atoms with Crippen molar-refractivity contribution in [1.82, 2.24) is 9.88 Å². The Hall–Kier alpha value is -1.69. The van der Waals surface area contributed by atoms with Crippen molar-refractivity contribution in [2.45, 2.75) is 6.92 Å². The van der Waals surface area contributed by atoms with Gasteiger partial charge in [0.1, 0.15) is 11.0 Å². The molecule has 1 rings (SSSR count). The lowest BCUT2D eigenvalue weighted by atomic mass is 10.1. The van der Waals surface area contributed by atoms with E-state index >= 15 is 0 Å². The van der Waals surface area contributed by atoms with Crippen molar-refractivity contribution in [2.75, 3.05) is 20.7 Å². The van der Waals surface area contributed by atoms with Crippen LogP contribution in [0.1, 0.15) is 17.3 Å². The first-order valence-electron chi connectivity index (χ1n) is 5.51. The Morgan fingerprint density at radius 3 is 2.79 bits per heavy atom. The Morgan fingerprint density at radius 2 is 2.21 bits per heavy atom. The molecular formula is C12H14ClFN2O3. The van der Waals surface area contributed by atoms with Gasteiger partial charge in [-0.1, -0.05) is 18.5 Å². The summed E-state index contributed by atoms with van der Waals surface area (Å²) in [4.78, 5) is 28.1. The summed E-state index contributed by atoms with van der Waals surface area (Å²) in [7, 11) is 2.76. The lowest BCUT2D eigenvalue weighted by Crippen LogP contribution is -2.34. The number of rotatable bonds is 4. The Bertz CT molecular complexity index is 496. The maximum atomic E-state index is 13.1. The molecule has 0 spiro atoms. The Morgan fingerprint density at radius 1 is 1.58 bits per heavy atom. The summed E-state index contributed by atoms with van der Waals surface area (Å²) in [6.07, 6.45) is 0.927. The molecule has 0 aliphatic carbocycles. The van der Waals surface area contributed by atoms with Crippen LogP contribution in [0.5, 0.6) is 0 Å². The topological polar surface area (TPSA) is 59.5 Å². The lowest BCUT2D eigenvalue weighted by molar-refractivity contribution is -0.145. The summed E-state index contributed by atoms with van der Waals surface area (Å²) in [6.45, 7) is 1.76. The number of ether oxygens (including phenoxy) is 1. The van der Waals surface area contributed by atoms with E-state index in [1.54, 1.807) is 6.92 Å². The molecule has 19 heavy (non-hydrogen) atoms. The van der Waals surface area contributed by atoms with Crippen LogP contribution >= 0.6 is 11.6 Å². The SMILES string of the molecule is COC(=O)C(C)CN(C)C(=O)c1cc(F)cnc1Cl. The third kappa shape index (κ3) is 3.89. The Kier molecular flexibility index (Phi) is 5.23. The number of amides is 1. The molecule has 1 unspecified atom stereocenters. The zero-order valence-corrected chi connectivity index (χ0v) is 11.6. The molecule has 1 heterocycles. The van der Waals surface area contributed by atoms with Gasteiger partial charge in [-0.05, 0) is 6.07 Å². The van der Waals surface area contributed by atoms with Crippen LogP contribution in [0.2, 0.25) is 5.15 Å². The molecule has 0 aliphatic heterocycles. The second kappa shape index (κ2) is 6.47. The van der Waals surface area contributed by atoms with Gasteiger partial charge in [-0.3, -0.25) is 9.59 Å². The molecule has 5 nitrogen and oxygen atoms in total. The smallest absolute Gasteiger partial charge is 0.310 e. The molecule has 7 heteroatoms. The molecule has 0 saturated heterocycles. The normalized spacial score (nSPS) is 11.8. The number of methoxy groups -OCH3 is 1. The molecule has 0 radical (unpaired) electrons. The minimum Gasteiger partial charge on any atom is -0.469 e. The average molecular weight is 289 g/mol. The molecule has 0 saturated carbocycles. The molecule has 1 amide bonds. The van der Waals surface area contributed by atoms with E-state index in [-0.39, 0.29) is 17.3 Å². The highest BCUT2D eigenvalue weighted by Gasteiger charge is 2.22. The first-order valence-corrected chi connectivity index (χ1v) is 5.89. The summed E-state index contributed by atoms with van der Waals surface area (Å²) in [5.41, 5.74) is -0.0405. The van der Waals surface area contributed by atoms with Gasteiger partial charge in [0, 0.05) is 13.6 Å². The zero-order valence-electron chi connectivity index (χ0n) is 10.8. The third-order valence-electron chi connectivity index (χ3n) is 2.53. The second-order valence-electron chi connectivity index (χ2n) is 4.10. The summed E-state index contributed by atoms with van der Waals surface area (Å²) >= 11 is 5.74. The summed E-state index contributed by atoms with van der Waals surface area (Å²) in [5, 5.41) is -0.0797. The van der Waals surface area contributed by atoms with Gasteiger partial charge in [0.15, 0.2) is 0 Å². The van der Waals surface area contributed by atoms with Crippen molar-refractivity contribution in [3.05, 3.63) is 28.8 Å². The lowest BCUT2D eigenvalue weighted by Gasteiger charge is -2.20. The van der Waals surface area contributed by atoms with Crippen LogP contribution in [0.25, 0.3) is 0 Å². The highest BCUT2D eigenvalue weighted by atomic mass is 35.5. The molecule has 0 fully saturated rings. The minimum absolute atomic E-state index is 0.0405.